The molecule has 0 radical (unpaired) electrons. The highest BCUT2D eigenvalue weighted by atomic mass is 16.5. The summed E-state index contributed by atoms with van der Waals surface area (Å²) in [6.45, 7) is 1.64. The average Bonchev–Trinajstić information content (AvgIpc) is 3.24. The molecule has 0 saturated heterocycles. The first kappa shape index (κ1) is 14.2. The number of carbonyl (C=O) groups is 2. The Morgan fingerprint density at radius 2 is 2.18 bits per heavy atom. The van der Waals surface area contributed by atoms with Gasteiger partial charge in [0.2, 0.25) is 5.89 Å². The van der Waals surface area contributed by atoms with E-state index in [1.54, 1.807) is 24.3 Å². The van der Waals surface area contributed by atoms with Crippen molar-refractivity contribution >= 4 is 17.5 Å². The molecular weight excluding hydrogens is 284 g/mol. The first-order valence-electron chi connectivity index (χ1n) is 7.10. The number of benzene rings is 1. The predicted molar refractivity (Wildman–Crippen MR) is 78.6 cm³/mol. The van der Waals surface area contributed by atoms with Crippen molar-refractivity contribution in [1.29, 1.82) is 0 Å². The largest absolute Gasteiger partial charge is 0.337 e. The molecular formula is C15H16N4O3. The van der Waals surface area contributed by atoms with Crippen LogP contribution in [0.15, 0.2) is 28.8 Å². The summed E-state index contributed by atoms with van der Waals surface area (Å²) in [6.07, 6.45) is 2.19. The molecule has 0 bridgehead atoms. The van der Waals surface area contributed by atoms with Gasteiger partial charge in [-0.05, 0) is 31.9 Å². The van der Waals surface area contributed by atoms with Crippen molar-refractivity contribution < 1.29 is 14.1 Å². The highest BCUT2D eigenvalue weighted by Gasteiger charge is 2.28. The van der Waals surface area contributed by atoms with Gasteiger partial charge < -0.3 is 15.2 Å². The molecule has 0 spiro atoms. The summed E-state index contributed by atoms with van der Waals surface area (Å²) < 4.78 is 5.07. The van der Waals surface area contributed by atoms with Crippen LogP contribution in [0.1, 0.15) is 47.8 Å². The fourth-order valence-corrected chi connectivity index (χ4v) is 1.99. The van der Waals surface area contributed by atoms with Gasteiger partial charge in [-0.15, -0.1) is 0 Å². The van der Waals surface area contributed by atoms with E-state index in [1.807, 2.05) is 0 Å². The molecule has 1 aromatic heterocycles. The van der Waals surface area contributed by atoms with Gasteiger partial charge in [0.15, 0.2) is 11.6 Å². The van der Waals surface area contributed by atoms with E-state index in [0.717, 1.165) is 12.8 Å². The number of carbonyl (C=O) groups excluding carboxylic acids is 2. The van der Waals surface area contributed by atoms with E-state index < -0.39 is 6.03 Å². The Balaban J connectivity index is 1.53. The fourth-order valence-electron chi connectivity index (χ4n) is 1.99. The van der Waals surface area contributed by atoms with Crippen LogP contribution in [-0.4, -0.2) is 22.0 Å². The zero-order valence-electron chi connectivity index (χ0n) is 12.1. The summed E-state index contributed by atoms with van der Waals surface area (Å²) in [5.74, 6) is 1.46. The number of urea groups is 1. The topological polar surface area (TPSA) is 97.1 Å². The van der Waals surface area contributed by atoms with Gasteiger partial charge in [-0.2, -0.15) is 4.98 Å². The summed E-state index contributed by atoms with van der Waals surface area (Å²) in [5.41, 5.74) is 1.10. The summed E-state index contributed by atoms with van der Waals surface area (Å²) in [4.78, 5) is 27.3. The molecule has 1 aliphatic rings. The van der Waals surface area contributed by atoms with E-state index in [4.69, 9.17) is 4.52 Å². The van der Waals surface area contributed by atoms with E-state index in [-0.39, 0.29) is 12.3 Å². The minimum Gasteiger partial charge on any atom is -0.337 e. The van der Waals surface area contributed by atoms with Crippen LogP contribution in [0.25, 0.3) is 0 Å². The van der Waals surface area contributed by atoms with Crippen molar-refractivity contribution in [1.82, 2.24) is 15.5 Å². The van der Waals surface area contributed by atoms with Crippen molar-refractivity contribution in [3.05, 3.63) is 41.5 Å². The van der Waals surface area contributed by atoms with Crippen molar-refractivity contribution in [2.45, 2.75) is 32.2 Å². The fraction of sp³-hybridized carbons (Fsp3) is 0.333. The van der Waals surface area contributed by atoms with Gasteiger partial charge in [0.25, 0.3) is 0 Å². The third kappa shape index (κ3) is 3.49. The molecule has 1 heterocycles. The molecule has 1 aromatic carbocycles. The third-order valence-corrected chi connectivity index (χ3v) is 3.35. The Labute approximate surface area is 127 Å². The molecule has 2 N–H and O–H groups in total. The number of Topliss-reactive ketones (excluding diaryl/α,β-unsaturated/α-hetero) is 1. The van der Waals surface area contributed by atoms with Crippen LogP contribution in [0.4, 0.5) is 10.5 Å². The summed E-state index contributed by atoms with van der Waals surface area (Å²) in [6, 6.07) is 6.35. The van der Waals surface area contributed by atoms with Crippen molar-refractivity contribution in [2.24, 2.45) is 0 Å². The maximum atomic E-state index is 11.8. The molecule has 1 aliphatic carbocycles. The van der Waals surface area contributed by atoms with E-state index in [0.29, 0.717) is 28.9 Å². The molecule has 7 nitrogen and oxygen atoms in total. The summed E-state index contributed by atoms with van der Waals surface area (Å²) >= 11 is 0. The van der Waals surface area contributed by atoms with Gasteiger partial charge >= 0.3 is 6.03 Å². The summed E-state index contributed by atoms with van der Waals surface area (Å²) in [5, 5.41) is 9.17. The predicted octanol–water partition coefficient (Wildman–Crippen LogP) is 2.47. The number of ketones is 1. The Morgan fingerprint density at radius 1 is 1.36 bits per heavy atom. The van der Waals surface area contributed by atoms with Crippen LogP contribution in [-0.2, 0) is 6.54 Å². The lowest BCUT2D eigenvalue weighted by molar-refractivity contribution is 0.101. The van der Waals surface area contributed by atoms with E-state index >= 15 is 0 Å². The van der Waals surface area contributed by atoms with Gasteiger partial charge in [0, 0.05) is 17.2 Å². The zero-order valence-corrected chi connectivity index (χ0v) is 12.1. The molecule has 2 amide bonds. The van der Waals surface area contributed by atoms with Gasteiger partial charge in [0.05, 0.1) is 6.54 Å². The molecule has 2 aromatic rings. The van der Waals surface area contributed by atoms with Crippen LogP contribution in [0.3, 0.4) is 0 Å². The molecule has 0 unspecified atom stereocenters. The highest BCUT2D eigenvalue weighted by Crippen LogP contribution is 2.38. The quantitative estimate of drug-likeness (QED) is 0.827. The maximum Gasteiger partial charge on any atom is 0.319 e. The van der Waals surface area contributed by atoms with Crippen LogP contribution < -0.4 is 10.6 Å². The molecule has 22 heavy (non-hydrogen) atoms. The lowest BCUT2D eigenvalue weighted by Crippen LogP contribution is -2.28. The smallest absolute Gasteiger partial charge is 0.319 e. The number of hydrogen-bond acceptors (Lipinski definition) is 5. The second-order valence-corrected chi connectivity index (χ2v) is 5.27. The minimum atomic E-state index is -0.396. The monoisotopic (exact) mass is 300 g/mol. The minimum absolute atomic E-state index is 0.0532. The SMILES string of the molecule is CC(=O)c1cccc(NC(=O)NCc2nc(C3CC3)no2)c1. The molecule has 1 fully saturated rings. The number of anilines is 1. The van der Waals surface area contributed by atoms with Gasteiger partial charge in [-0.1, -0.05) is 17.3 Å². The third-order valence-electron chi connectivity index (χ3n) is 3.35. The second-order valence-electron chi connectivity index (χ2n) is 5.27. The summed E-state index contributed by atoms with van der Waals surface area (Å²) in [7, 11) is 0. The van der Waals surface area contributed by atoms with Crippen molar-refractivity contribution in [3.63, 3.8) is 0 Å². The normalized spacial score (nSPS) is 13.7. The number of nitrogens with zero attached hydrogens (tertiary/aromatic N) is 2. The zero-order chi connectivity index (χ0) is 15.5. The Morgan fingerprint density at radius 3 is 2.91 bits per heavy atom. The van der Waals surface area contributed by atoms with E-state index in [9.17, 15) is 9.59 Å². The molecule has 7 heteroatoms. The number of nitrogens with one attached hydrogen (secondary N) is 2. The molecule has 0 aliphatic heterocycles. The highest BCUT2D eigenvalue weighted by molar-refractivity contribution is 5.96. The first-order chi connectivity index (χ1) is 10.6. The molecule has 0 atom stereocenters. The second kappa shape index (κ2) is 5.97. The Hall–Kier alpha value is -2.70. The standard InChI is InChI=1S/C15H16N4O3/c1-9(20)11-3-2-4-12(7-11)17-15(21)16-8-13-18-14(19-22-13)10-5-6-10/h2-4,7,10H,5-6,8H2,1H3,(H2,16,17,21). The molecule has 114 valence electrons. The van der Waals surface area contributed by atoms with Gasteiger partial charge in [-0.25, -0.2) is 4.79 Å². The van der Waals surface area contributed by atoms with Crippen LogP contribution in [0.2, 0.25) is 0 Å². The Kier molecular flexibility index (Phi) is 3.86. The molecule has 3 rings (SSSR count). The van der Waals surface area contributed by atoms with Crippen LogP contribution >= 0.6 is 0 Å². The van der Waals surface area contributed by atoms with Crippen LogP contribution in [0, 0.1) is 0 Å². The lowest BCUT2D eigenvalue weighted by Gasteiger charge is -2.06. The van der Waals surface area contributed by atoms with Crippen molar-refractivity contribution in [2.75, 3.05) is 5.32 Å². The van der Waals surface area contributed by atoms with Crippen molar-refractivity contribution in [3.8, 4) is 0 Å². The Bertz CT molecular complexity index is 706. The number of hydrogen-bond donors (Lipinski definition) is 2. The number of rotatable bonds is 5. The lowest BCUT2D eigenvalue weighted by atomic mass is 10.1. The number of aromatic nitrogens is 2. The van der Waals surface area contributed by atoms with E-state index in [2.05, 4.69) is 20.8 Å². The van der Waals surface area contributed by atoms with Gasteiger partial charge in [0.1, 0.15) is 0 Å². The molecule has 1 saturated carbocycles. The number of amides is 2. The van der Waals surface area contributed by atoms with Gasteiger partial charge in [-0.3, -0.25) is 4.79 Å². The average molecular weight is 300 g/mol. The van der Waals surface area contributed by atoms with E-state index in [1.165, 1.54) is 6.92 Å². The first-order valence-corrected chi connectivity index (χ1v) is 7.10. The van der Waals surface area contributed by atoms with Crippen LogP contribution in [0.5, 0.6) is 0 Å². The maximum absolute atomic E-state index is 11.8.